The second-order valence-corrected chi connectivity index (χ2v) is 13.2. The van der Waals surface area contributed by atoms with Crippen LogP contribution in [0.15, 0.2) is 46.8 Å². The summed E-state index contributed by atoms with van der Waals surface area (Å²) in [6, 6.07) is 0.127. The molecule has 6 nitrogen and oxygen atoms in total. The summed E-state index contributed by atoms with van der Waals surface area (Å²) in [5.74, 6) is 1.49. The van der Waals surface area contributed by atoms with Gasteiger partial charge in [-0.3, -0.25) is 4.90 Å². The Morgan fingerprint density at radius 3 is 2.89 bits per heavy atom. The van der Waals surface area contributed by atoms with Crippen LogP contribution in [-0.4, -0.2) is 64.1 Å². The Balaban J connectivity index is 1.27. The van der Waals surface area contributed by atoms with Gasteiger partial charge in [-0.15, -0.1) is 11.6 Å². The number of nitrogens with zero attached hydrogens (tertiary/aromatic N) is 2. The van der Waals surface area contributed by atoms with Crippen molar-refractivity contribution in [2.24, 2.45) is 28.9 Å². The Kier molecular flexibility index (Phi) is 7.27. The number of alkyl halides is 1. The number of β-amino-alcohol motifs (C(OH)–C–C–N with tert-alkyl or cyclic N) is 1. The van der Waals surface area contributed by atoms with E-state index in [4.69, 9.17) is 28.9 Å². The van der Waals surface area contributed by atoms with Gasteiger partial charge in [-0.25, -0.2) is 4.79 Å². The molecule has 2 saturated carbocycles. The Bertz CT molecular complexity index is 1010. The zero-order valence-corrected chi connectivity index (χ0v) is 22.9. The standard InChI is InChI=1S/C28H40Cl2N4O2/c1-18-24(4-3-5-25(18)31)28-8-6-22(12-19(28)14-28)34(11-10-33-9-7-23(35)17-33)26(36)32-21-13-20(29)15-27(2,30)16-21/h3-5,13,15,18-19,22-24,35H,6-12,14,16-17,31H2,1-2H3,(H,32,36)/t18?,19?,22-,23?,24?,27?,28?/m1/s1. The van der Waals surface area contributed by atoms with E-state index in [1.54, 1.807) is 6.08 Å². The minimum absolute atomic E-state index is 0.0731. The van der Waals surface area contributed by atoms with Gasteiger partial charge in [0, 0.05) is 61.0 Å². The first-order valence-corrected chi connectivity index (χ1v) is 14.2. The van der Waals surface area contributed by atoms with Crippen molar-refractivity contribution >= 4 is 29.2 Å². The van der Waals surface area contributed by atoms with E-state index in [9.17, 15) is 9.90 Å². The smallest absolute Gasteiger partial charge is 0.321 e. The number of nitrogens with one attached hydrogen (secondary N) is 1. The van der Waals surface area contributed by atoms with E-state index in [0.29, 0.717) is 47.7 Å². The van der Waals surface area contributed by atoms with Gasteiger partial charge in [0.15, 0.2) is 0 Å². The number of carbonyl (C=O) groups is 1. The molecule has 36 heavy (non-hydrogen) atoms. The van der Waals surface area contributed by atoms with Gasteiger partial charge in [-0.05, 0) is 74.5 Å². The first kappa shape index (κ1) is 26.1. The number of likely N-dealkylation sites (tertiary alicyclic amines) is 1. The molecule has 0 radical (unpaired) electrons. The summed E-state index contributed by atoms with van der Waals surface area (Å²) in [6.45, 7) is 7.14. The third kappa shape index (κ3) is 5.38. The lowest BCUT2D eigenvalue weighted by atomic mass is 9.69. The molecule has 1 heterocycles. The van der Waals surface area contributed by atoms with Gasteiger partial charge in [0.25, 0.3) is 0 Å². The lowest BCUT2D eigenvalue weighted by Gasteiger charge is -2.41. The molecule has 7 atom stereocenters. The van der Waals surface area contributed by atoms with E-state index >= 15 is 0 Å². The number of urea groups is 1. The highest BCUT2D eigenvalue weighted by atomic mass is 35.5. The normalized spacial score (nSPS) is 40.1. The fraction of sp³-hybridized carbons (Fsp3) is 0.679. The third-order valence-corrected chi connectivity index (χ3v) is 9.74. The number of carbonyl (C=O) groups excluding carboxylic acids is 1. The van der Waals surface area contributed by atoms with Crippen LogP contribution < -0.4 is 11.1 Å². The number of aliphatic hydroxyl groups excluding tert-OH is 1. The highest BCUT2D eigenvalue weighted by molar-refractivity contribution is 6.33. The van der Waals surface area contributed by atoms with Crippen molar-refractivity contribution in [1.29, 1.82) is 0 Å². The molecule has 8 heteroatoms. The number of rotatable bonds is 6. The Morgan fingerprint density at radius 1 is 1.39 bits per heavy atom. The Hall–Kier alpha value is -1.47. The molecule has 0 aromatic carbocycles. The molecular formula is C28H40Cl2N4O2. The van der Waals surface area contributed by atoms with Crippen molar-refractivity contribution in [3.63, 3.8) is 0 Å². The second-order valence-electron chi connectivity index (χ2n) is 11.9. The van der Waals surface area contributed by atoms with Gasteiger partial charge in [-0.1, -0.05) is 30.7 Å². The Labute approximate surface area is 225 Å². The molecule has 6 unspecified atom stereocenters. The SMILES string of the molecule is CC1C(N)=CC=CC1C12CC[C@@H](N(CCN3CCC(O)C3)C(=O)NC3=CC(Cl)=CC(C)(Cl)C3)CC1C2. The van der Waals surface area contributed by atoms with Crippen LogP contribution in [0.5, 0.6) is 0 Å². The molecule has 5 aliphatic rings. The molecule has 1 aliphatic heterocycles. The third-order valence-electron chi connectivity index (χ3n) is 9.28. The van der Waals surface area contributed by atoms with Gasteiger partial charge >= 0.3 is 6.03 Å². The van der Waals surface area contributed by atoms with Crippen molar-refractivity contribution in [3.05, 3.63) is 46.8 Å². The van der Waals surface area contributed by atoms with E-state index in [2.05, 4.69) is 29.3 Å². The number of aliphatic hydroxyl groups is 1. The summed E-state index contributed by atoms with van der Waals surface area (Å²) < 4.78 is 0. The van der Waals surface area contributed by atoms with Crippen LogP contribution in [-0.2, 0) is 0 Å². The van der Waals surface area contributed by atoms with Gasteiger partial charge in [0.1, 0.15) is 0 Å². The Morgan fingerprint density at radius 2 is 2.19 bits per heavy atom. The van der Waals surface area contributed by atoms with Gasteiger partial charge < -0.3 is 21.1 Å². The molecule has 3 fully saturated rings. The van der Waals surface area contributed by atoms with Gasteiger partial charge in [0.2, 0.25) is 0 Å². The minimum atomic E-state index is -0.607. The topological polar surface area (TPSA) is 81.8 Å². The van der Waals surface area contributed by atoms with Crippen molar-refractivity contribution in [2.75, 3.05) is 26.2 Å². The number of nitrogens with two attached hydrogens (primary N) is 1. The molecule has 0 bridgehead atoms. The van der Waals surface area contributed by atoms with Crippen molar-refractivity contribution in [1.82, 2.24) is 15.1 Å². The monoisotopic (exact) mass is 534 g/mol. The molecular weight excluding hydrogens is 495 g/mol. The van der Waals surface area contributed by atoms with Crippen LogP contribution >= 0.6 is 23.2 Å². The molecule has 0 aromatic rings. The van der Waals surface area contributed by atoms with Crippen LogP contribution in [0.2, 0.25) is 0 Å². The summed E-state index contributed by atoms with van der Waals surface area (Å²) in [6.07, 6.45) is 15.6. The number of amides is 2. The fourth-order valence-corrected chi connectivity index (χ4v) is 7.93. The summed E-state index contributed by atoms with van der Waals surface area (Å²) in [4.78, 5) is 17.4. The van der Waals surface area contributed by atoms with Crippen molar-refractivity contribution in [2.45, 2.75) is 69.4 Å². The van der Waals surface area contributed by atoms with E-state index in [-0.39, 0.29) is 18.2 Å². The molecule has 4 N–H and O–H groups in total. The van der Waals surface area contributed by atoms with Gasteiger partial charge in [0.05, 0.1) is 11.0 Å². The van der Waals surface area contributed by atoms with Crippen LogP contribution in [0.1, 0.15) is 52.4 Å². The molecule has 1 saturated heterocycles. The lowest BCUT2D eigenvalue weighted by molar-refractivity contribution is 0.114. The number of hydrogen-bond donors (Lipinski definition) is 3. The maximum absolute atomic E-state index is 13.7. The van der Waals surface area contributed by atoms with E-state index in [1.807, 2.05) is 24.0 Å². The number of halogens is 2. The largest absolute Gasteiger partial charge is 0.402 e. The molecule has 5 rings (SSSR count). The minimum Gasteiger partial charge on any atom is -0.402 e. The number of allylic oxidation sites excluding steroid dienone is 8. The summed E-state index contributed by atoms with van der Waals surface area (Å²) >= 11 is 12.8. The summed E-state index contributed by atoms with van der Waals surface area (Å²) in [5.41, 5.74) is 8.36. The molecule has 198 valence electrons. The van der Waals surface area contributed by atoms with E-state index in [1.165, 1.54) is 6.42 Å². The van der Waals surface area contributed by atoms with E-state index in [0.717, 1.165) is 50.2 Å². The lowest BCUT2D eigenvalue weighted by Crippen LogP contribution is -2.51. The zero-order valence-electron chi connectivity index (χ0n) is 21.4. The van der Waals surface area contributed by atoms with Gasteiger partial charge in [-0.2, -0.15) is 0 Å². The van der Waals surface area contributed by atoms with Crippen LogP contribution in [0.25, 0.3) is 0 Å². The number of hydrogen-bond acceptors (Lipinski definition) is 4. The second kappa shape index (κ2) is 10.0. The molecule has 4 aliphatic carbocycles. The van der Waals surface area contributed by atoms with Crippen LogP contribution in [0.4, 0.5) is 4.79 Å². The number of fused-ring (bicyclic) bond motifs is 1. The summed E-state index contributed by atoms with van der Waals surface area (Å²) in [5, 5.41) is 13.6. The summed E-state index contributed by atoms with van der Waals surface area (Å²) in [7, 11) is 0. The zero-order chi connectivity index (χ0) is 25.7. The van der Waals surface area contributed by atoms with E-state index < -0.39 is 4.87 Å². The highest BCUT2D eigenvalue weighted by Crippen LogP contribution is 2.68. The molecule has 2 amide bonds. The molecule has 0 aromatic heterocycles. The average molecular weight is 536 g/mol. The predicted octanol–water partition coefficient (Wildman–Crippen LogP) is 4.70. The van der Waals surface area contributed by atoms with Crippen molar-refractivity contribution in [3.8, 4) is 0 Å². The average Bonchev–Trinajstić information content (AvgIpc) is 3.38. The highest BCUT2D eigenvalue weighted by Gasteiger charge is 2.61. The maximum Gasteiger partial charge on any atom is 0.321 e. The van der Waals surface area contributed by atoms with Crippen LogP contribution in [0.3, 0.4) is 0 Å². The van der Waals surface area contributed by atoms with Crippen LogP contribution in [0, 0.1) is 23.2 Å². The fourth-order valence-electron chi connectivity index (χ4n) is 7.24. The first-order valence-electron chi connectivity index (χ1n) is 13.5. The quantitative estimate of drug-likeness (QED) is 0.431. The van der Waals surface area contributed by atoms with Crippen molar-refractivity contribution < 1.29 is 9.90 Å². The first-order chi connectivity index (χ1) is 17.1. The maximum atomic E-state index is 13.7. The predicted molar refractivity (Wildman–Crippen MR) is 145 cm³/mol. The molecule has 0 spiro atoms.